The van der Waals surface area contributed by atoms with Crippen LogP contribution in [0.4, 0.5) is 5.69 Å². The van der Waals surface area contributed by atoms with Crippen molar-refractivity contribution >= 4 is 23.1 Å². The van der Waals surface area contributed by atoms with Gasteiger partial charge in [0.2, 0.25) is 0 Å². The Hall–Kier alpha value is -1.10. The van der Waals surface area contributed by atoms with Gasteiger partial charge in [-0.25, -0.2) is 0 Å². The van der Waals surface area contributed by atoms with Crippen LogP contribution in [0, 0.1) is 0 Å². The number of anilines is 1. The second-order valence-corrected chi connectivity index (χ2v) is 4.26. The molecule has 76 valence electrons. The van der Waals surface area contributed by atoms with E-state index in [1.54, 1.807) is 6.20 Å². The lowest BCUT2D eigenvalue weighted by atomic mass is 10.1. The highest BCUT2D eigenvalue weighted by molar-refractivity contribution is 7.08. The van der Waals surface area contributed by atoms with Crippen LogP contribution in [0.25, 0.3) is 0 Å². The van der Waals surface area contributed by atoms with E-state index in [9.17, 15) is 4.79 Å². The van der Waals surface area contributed by atoms with Crippen LogP contribution in [0.3, 0.4) is 0 Å². The van der Waals surface area contributed by atoms with E-state index in [0.29, 0.717) is 10.6 Å². The van der Waals surface area contributed by atoms with Crippen LogP contribution in [0.15, 0.2) is 6.20 Å². The highest BCUT2D eigenvalue weighted by Gasteiger charge is 2.21. The van der Waals surface area contributed by atoms with E-state index in [0.717, 1.165) is 25.9 Å². The van der Waals surface area contributed by atoms with Crippen molar-refractivity contribution < 1.29 is 4.79 Å². The van der Waals surface area contributed by atoms with Crippen LogP contribution in [0.5, 0.6) is 0 Å². The van der Waals surface area contributed by atoms with E-state index < -0.39 is 0 Å². The third kappa shape index (κ3) is 1.72. The number of nitrogens with two attached hydrogens (primary N) is 1. The molecule has 1 aliphatic heterocycles. The third-order valence-corrected chi connectivity index (χ3v) is 3.24. The number of carbonyl (C=O) groups excluding carboxylic acids is 1. The van der Waals surface area contributed by atoms with Gasteiger partial charge in [-0.15, -0.1) is 0 Å². The van der Waals surface area contributed by atoms with Gasteiger partial charge in [0.1, 0.15) is 4.88 Å². The maximum atomic E-state index is 11.9. The zero-order valence-electron chi connectivity index (χ0n) is 7.90. The van der Waals surface area contributed by atoms with Crippen molar-refractivity contribution in [1.82, 2.24) is 9.27 Å². The van der Waals surface area contributed by atoms with E-state index in [2.05, 4.69) is 4.37 Å². The van der Waals surface area contributed by atoms with Crippen molar-refractivity contribution in [3.05, 3.63) is 11.1 Å². The highest BCUT2D eigenvalue weighted by Crippen LogP contribution is 2.20. The number of amides is 1. The number of hydrogen-bond acceptors (Lipinski definition) is 4. The Morgan fingerprint density at radius 2 is 2.14 bits per heavy atom. The molecule has 1 aliphatic rings. The van der Waals surface area contributed by atoms with Gasteiger partial charge in [0.15, 0.2) is 0 Å². The lowest BCUT2D eigenvalue weighted by Crippen LogP contribution is -2.35. The van der Waals surface area contributed by atoms with Crippen LogP contribution >= 0.6 is 11.5 Å². The van der Waals surface area contributed by atoms with E-state index in [4.69, 9.17) is 5.73 Å². The van der Waals surface area contributed by atoms with Crippen molar-refractivity contribution in [2.45, 2.75) is 19.3 Å². The Labute approximate surface area is 86.9 Å². The summed E-state index contributed by atoms with van der Waals surface area (Å²) in [6.07, 6.45) is 4.97. The van der Waals surface area contributed by atoms with Crippen LogP contribution in [-0.4, -0.2) is 28.3 Å². The van der Waals surface area contributed by atoms with Crippen LogP contribution in [-0.2, 0) is 0 Å². The predicted molar refractivity (Wildman–Crippen MR) is 56.3 cm³/mol. The Morgan fingerprint density at radius 3 is 2.71 bits per heavy atom. The fourth-order valence-electron chi connectivity index (χ4n) is 1.65. The minimum Gasteiger partial charge on any atom is -0.396 e. The summed E-state index contributed by atoms with van der Waals surface area (Å²) in [5.41, 5.74) is 6.15. The quantitative estimate of drug-likeness (QED) is 0.762. The predicted octanol–water partition coefficient (Wildman–Crippen LogP) is 1.35. The van der Waals surface area contributed by atoms with Crippen LogP contribution in [0.2, 0.25) is 0 Å². The zero-order chi connectivity index (χ0) is 9.97. The molecule has 0 aliphatic carbocycles. The third-order valence-electron chi connectivity index (χ3n) is 2.44. The first-order valence-electron chi connectivity index (χ1n) is 4.78. The molecule has 0 saturated carbocycles. The summed E-state index contributed by atoms with van der Waals surface area (Å²) in [6, 6.07) is 0. The number of rotatable bonds is 1. The molecule has 2 heterocycles. The van der Waals surface area contributed by atoms with Gasteiger partial charge >= 0.3 is 0 Å². The topological polar surface area (TPSA) is 59.2 Å². The largest absolute Gasteiger partial charge is 0.396 e. The van der Waals surface area contributed by atoms with Crippen LogP contribution < -0.4 is 5.73 Å². The van der Waals surface area contributed by atoms with Crippen molar-refractivity contribution in [3.63, 3.8) is 0 Å². The summed E-state index contributed by atoms with van der Waals surface area (Å²) in [5.74, 6) is 0.0460. The second-order valence-electron chi connectivity index (χ2n) is 3.46. The molecule has 1 aromatic heterocycles. The number of piperidine rings is 1. The summed E-state index contributed by atoms with van der Waals surface area (Å²) in [6.45, 7) is 1.71. The second kappa shape index (κ2) is 3.96. The Bertz CT molecular complexity index is 331. The number of aromatic nitrogens is 1. The van der Waals surface area contributed by atoms with Gasteiger partial charge in [-0.2, -0.15) is 4.37 Å². The van der Waals surface area contributed by atoms with Crippen molar-refractivity contribution in [2.24, 2.45) is 0 Å². The minimum absolute atomic E-state index is 0.0460. The van der Waals surface area contributed by atoms with Gasteiger partial charge in [-0.05, 0) is 30.8 Å². The van der Waals surface area contributed by atoms with E-state index in [-0.39, 0.29) is 5.91 Å². The molecular formula is C9H13N3OS. The fourth-order valence-corrected chi connectivity index (χ4v) is 2.29. The normalized spacial score (nSPS) is 17.0. The number of carbonyl (C=O) groups is 1. The van der Waals surface area contributed by atoms with Gasteiger partial charge in [0.05, 0.1) is 11.9 Å². The lowest BCUT2D eigenvalue weighted by Gasteiger charge is -2.26. The molecule has 5 heteroatoms. The maximum absolute atomic E-state index is 11.9. The zero-order valence-corrected chi connectivity index (χ0v) is 8.72. The van der Waals surface area contributed by atoms with Gasteiger partial charge in [-0.3, -0.25) is 4.79 Å². The molecule has 0 aromatic carbocycles. The standard InChI is InChI=1S/C9H13N3OS/c10-7-6-11-14-8(7)9(13)12-4-2-1-3-5-12/h6H,1-5,10H2. The first-order valence-corrected chi connectivity index (χ1v) is 5.56. The maximum Gasteiger partial charge on any atom is 0.267 e. The van der Waals surface area contributed by atoms with Crippen molar-refractivity contribution in [1.29, 1.82) is 0 Å². The number of hydrogen-bond donors (Lipinski definition) is 1. The fraction of sp³-hybridized carbons (Fsp3) is 0.556. The molecule has 1 amide bonds. The Morgan fingerprint density at radius 1 is 1.43 bits per heavy atom. The molecule has 4 nitrogen and oxygen atoms in total. The molecule has 2 N–H and O–H groups in total. The molecule has 1 saturated heterocycles. The van der Waals surface area contributed by atoms with E-state index >= 15 is 0 Å². The summed E-state index contributed by atoms with van der Waals surface area (Å²) in [5, 5.41) is 0. The summed E-state index contributed by atoms with van der Waals surface area (Å²) >= 11 is 1.19. The Kier molecular flexibility index (Phi) is 2.67. The van der Waals surface area contributed by atoms with Crippen molar-refractivity contribution in [3.8, 4) is 0 Å². The molecule has 0 radical (unpaired) electrons. The first-order chi connectivity index (χ1) is 6.79. The number of likely N-dealkylation sites (tertiary alicyclic amines) is 1. The summed E-state index contributed by atoms with van der Waals surface area (Å²) in [4.78, 5) is 14.4. The molecule has 0 bridgehead atoms. The number of nitrogen functional groups attached to an aromatic ring is 1. The lowest BCUT2D eigenvalue weighted by molar-refractivity contribution is 0.0730. The average molecular weight is 211 g/mol. The first kappa shape index (κ1) is 9.45. The van der Waals surface area contributed by atoms with E-state index in [1.165, 1.54) is 18.0 Å². The van der Waals surface area contributed by atoms with Crippen LogP contribution in [0.1, 0.15) is 28.9 Å². The summed E-state index contributed by atoms with van der Waals surface area (Å²) < 4.78 is 3.91. The smallest absolute Gasteiger partial charge is 0.267 e. The summed E-state index contributed by atoms with van der Waals surface area (Å²) in [7, 11) is 0. The molecule has 0 atom stereocenters. The highest BCUT2D eigenvalue weighted by atomic mass is 32.1. The van der Waals surface area contributed by atoms with Gasteiger partial charge < -0.3 is 10.6 Å². The molecule has 2 rings (SSSR count). The SMILES string of the molecule is Nc1cnsc1C(=O)N1CCCCC1. The van der Waals surface area contributed by atoms with Gasteiger partial charge in [0, 0.05) is 13.1 Å². The van der Waals surface area contributed by atoms with E-state index in [1.807, 2.05) is 4.90 Å². The molecule has 0 unspecified atom stereocenters. The van der Waals surface area contributed by atoms with Gasteiger partial charge in [-0.1, -0.05) is 0 Å². The molecule has 1 aromatic rings. The van der Waals surface area contributed by atoms with Gasteiger partial charge in [0.25, 0.3) is 5.91 Å². The molecule has 0 spiro atoms. The molecular weight excluding hydrogens is 198 g/mol. The molecule has 14 heavy (non-hydrogen) atoms. The average Bonchev–Trinajstić information content (AvgIpc) is 2.65. The Balaban J connectivity index is 2.11. The number of nitrogens with zero attached hydrogens (tertiary/aromatic N) is 2. The molecule has 1 fully saturated rings. The van der Waals surface area contributed by atoms with Crippen molar-refractivity contribution in [2.75, 3.05) is 18.8 Å². The minimum atomic E-state index is 0.0460. The monoisotopic (exact) mass is 211 g/mol.